The Hall–Kier alpha value is -1.13. The highest BCUT2D eigenvalue weighted by Crippen LogP contribution is 2.43. The Bertz CT molecular complexity index is 535. The molecule has 1 saturated carbocycles. The van der Waals surface area contributed by atoms with E-state index < -0.39 is 0 Å². The molecule has 3 rings (SSSR count). The van der Waals surface area contributed by atoms with Crippen molar-refractivity contribution in [3.8, 4) is 0 Å². The summed E-state index contributed by atoms with van der Waals surface area (Å²) in [5.41, 5.74) is 0.217. The minimum absolute atomic E-state index is 0.217. The highest BCUT2D eigenvalue weighted by molar-refractivity contribution is 7.10. The van der Waals surface area contributed by atoms with Crippen LogP contribution in [0, 0.1) is 11.3 Å². The second-order valence-corrected chi connectivity index (χ2v) is 8.15. The van der Waals surface area contributed by atoms with E-state index >= 15 is 0 Å². The molecular weight excluding hydrogens is 278 g/mol. The number of imidazole rings is 1. The van der Waals surface area contributed by atoms with Gasteiger partial charge >= 0.3 is 0 Å². The molecule has 0 aliphatic heterocycles. The summed E-state index contributed by atoms with van der Waals surface area (Å²) in [6, 6.07) is 5.38. The quantitative estimate of drug-likeness (QED) is 0.870. The van der Waals surface area contributed by atoms with Crippen LogP contribution < -0.4 is 5.32 Å². The van der Waals surface area contributed by atoms with Crippen molar-refractivity contribution in [1.29, 1.82) is 0 Å². The molecular formula is C17H25N3S. The van der Waals surface area contributed by atoms with Crippen LogP contribution in [0.1, 0.15) is 44.5 Å². The van der Waals surface area contributed by atoms with Gasteiger partial charge in [0, 0.05) is 35.9 Å². The van der Waals surface area contributed by atoms with Gasteiger partial charge in [-0.15, -0.1) is 11.3 Å². The number of nitrogens with one attached hydrogen (secondary N) is 1. The van der Waals surface area contributed by atoms with Crippen LogP contribution in [0.5, 0.6) is 0 Å². The van der Waals surface area contributed by atoms with Crippen molar-refractivity contribution in [2.75, 3.05) is 0 Å². The molecule has 0 spiro atoms. The lowest BCUT2D eigenvalue weighted by Crippen LogP contribution is -2.45. The van der Waals surface area contributed by atoms with Gasteiger partial charge < -0.3 is 9.88 Å². The molecule has 4 heteroatoms. The summed E-state index contributed by atoms with van der Waals surface area (Å²) in [7, 11) is 0. The summed E-state index contributed by atoms with van der Waals surface area (Å²) in [4.78, 5) is 5.65. The van der Waals surface area contributed by atoms with E-state index in [-0.39, 0.29) is 5.41 Å². The van der Waals surface area contributed by atoms with E-state index in [9.17, 15) is 0 Å². The molecule has 0 amide bonds. The minimum Gasteiger partial charge on any atom is -0.336 e. The summed E-state index contributed by atoms with van der Waals surface area (Å²) >= 11 is 1.88. The Balaban J connectivity index is 1.76. The van der Waals surface area contributed by atoms with Gasteiger partial charge in [-0.25, -0.2) is 4.98 Å². The van der Waals surface area contributed by atoms with Crippen LogP contribution in [-0.2, 0) is 6.54 Å². The first kappa shape index (κ1) is 14.8. The van der Waals surface area contributed by atoms with Crippen molar-refractivity contribution in [2.45, 2.75) is 52.2 Å². The largest absolute Gasteiger partial charge is 0.336 e. The molecule has 0 radical (unpaired) electrons. The van der Waals surface area contributed by atoms with E-state index in [1.165, 1.54) is 17.7 Å². The van der Waals surface area contributed by atoms with E-state index in [2.05, 4.69) is 59.3 Å². The third-order valence-corrected chi connectivity index (χ3v) is 5.28. The minimum atomic E-state index is 0.217. The van der Waals surface area contributed by atoms with Crippen molar-refractivity contribution in [3.05, 3.63) is 41.1 Å². The molecule has 1 aliphatic rings. The molecule has 1 aliphatic carbocycles. The van der Waals surface area contributed by atoms with Crippen LogP contribution >= 0.6 is 11.3 Å². The normalized spacial score (nSPS) is 18.6. The Morgan fingerprint density at radius 1 is 1.43 bits per heavy atom. The summed E-state index contributed by atoms with van der Waals surface area (Å²) in [6.45, 7) is 7.93. The summed E-state index contributed by atoms with van der Waals surface area (Å²) in [5, 5.41) is 6.15. The number of thiophene rings is 1. The Labute approximate surface area is 131 Å². The highest BCUT2D eigenvalue weighted by Gasteiger charge is 2.36. The molecule has 114 valence electrons. The van der Waals surface area contributed by atoms with E-state index in [1.807, 2.05) is 23.9 Å². The number of hydrogen-bond donors (Lipinski definition) is 1. The van der Waals surface area contributed by atoms with Gasteiger partial charge in [0.1, 0.15) is 0 Å². The van der Waals surface area contributed by atoms with E-state index in [0.29, 0.717) is 12.1 Å². The second kappa shape index (κ2) is 5.93. The molecule has 0 saturated heterocycles. The van der Waals surface area contributed by atoms with Gasteiger partial charge in [0.2, 0.25) is 0 Å². The fraction of sp³-hybridized carbons (Fsp3) is 0.588. The van der Waals surface area contributed by atoms with E-state index in [0.717, 1.165) is 12.5 Å². The zero-order valence-electron chi connectivity index (χ0n) is 13.1. The molecule has 2 aromatic rings. The average molecular weight is 303 g/mol. The smallest absolute Gasteiger partial charge is 0.0946 e. The van der Waals surface area contributed by atoms with Gasteiger partial charge in [-0.3, -0.25) is 0 Å². The average Bonchev–Trinajstić information content (AvgIpc) is 2.92. The maximum atomic E-state index is 4.17. The number of rotatable bonds is 6. The Kier molecular flexibility index (Phi) is 4.18. The van der Waals surface area contributed by atoms with Crippen molar-refractivity contribution in [1.82, 2.24) is 14.9 Å². The van der Waals surface area contributed by atoms with Crippen LogP contribution in [0.4, 0.5) is 0 Å². The predicted molar refractivity (Wildman–Crippen MR) is 88.4 cm³/mol. The topological polar surface area (TPSA) is 29.9 Å². The SMILES string of the molecule is CC(C)(C)C(Cn1ccnc1)NC(c1cccs1)C1CC1. The van der Waals surface area contributed by atoms with Crippen molar-refractivity contribution >= 4 is 11.3 Å². The third-order valence-electron chi connectivity index (χ3n) is 4.32. The van der Waals surface area contributed by atoms with Crippen LogP contribution in [-0.4, -0.2) is 15.6 Å². The van der Waals surface area contributed by atoms with Gasteiger partial charge in [0.05, 0.1) is 6.33 Å². The lowest BCUT2D eigenvalue weighted by Gasteiger charge is -2.35. The van der Waals surface area contributed by atoms with Crippen LogP contribution in [0.3, 0.4) is 0 Å². The molecule has 3 nitrogen and oxygen atoms in total. The van der Waals surface area contributed by atoms with Crippen molar-refractivity contribution < 1.29 is 0 Å². The summed E-state index contributed by atoms with van der Waals surface area (Å²) in [5.74, 6) is 0.816. The molecule has 0 aromatic carbocycles. The van der Waals surface area contributed by atoms with E-state index in [4.69, 9.17) is 0 Å². The molecule has 2 atom stereocenters. The second-order valence-electron chi connectivity index (χ2n) is 7.18. The zero-order chi connectivity index (χ0) is 14.9. The molecule has 0 bridgehead atoms. The van der Waals surface area contributed by atoms with Gasteiger partial charge in [-0.1, -0.05) is 26.8 Å². The van der Waals surface area contributed by atoms with Crippen LogP contribution in [0.25, 0.3) is 0 Å². The van der Waals surface area contributed by atoms with Crippen molar-refractivity contribution in [2.24, 2.45) is 11.3 Å². The third kappa shape index (κ3) is 3.74. The molecule has 2 aromatic heterocycles. The summed E-state index contributed by atoms with van der Waals surface area (Å²) < 4.78 is 2.18. The predicted octanol–water partition coefficient (Wildman–Crippen LogP) is 4.10. The molecule has 2 heterocycles. The number of aromatic nitrogens is 2. The molecule has 1 N–H and O–H groups in total. The molecule has 2 unspecified atom stereocenters. The van der Waals surface area contributed by atoms with Crippen LogP contribution in [0.2, 0.25) is 0 Å². The maximum Gasteiger partial charge on any atom is 0.0946 e. The first-order valence-corrected chi connectivity index (χ1v) is 8.67. The Morgan fingerprint density at radius 3 is 2.76 bits per heavy atom. The highest BCUT2D eigenvalue weighted by atomic mass is 32.1. The monoisotopic (exact) mass is 303 g/mol. The van der Waals surface area contributed by atoms with Gasteiger partial charge in [-0.05, 0) is 35.6 Å². The van der Waals surface area contributed by atoms with Gasteiger partial charge in [0.15, 0.2) is 0 Å². The fourth-order valence-corrected chi connectivity index (χ4v) is 3.63. The lowest BCUT2D eigenvalue weighted by molar-refractivity contribution is 0.215. The van der Waals surface area contributed by atoms with Crippen LogP contribution in [0.15, 0.2) is 36.2 Å². The van der Waals surface area contributed by atoms with E-state index in [1.54, 1.807) is 0 Å². The number of hydrogen-bond acceptors (Lipinski definition) is 3. The maximum absolute atomic E-state index is 4.17. The van der Waals surface area contributed by atoms with Crippen molar-refractivity contribution in [3.63, 3.8) is 0 Å². The molecule has 21 heavy (non-hydrogen) atoms. The van der Waals surface area contributed by atoms with Gasteiger partial charge in [-0.2, -0.15) is 0 Å². The first-order chi connectivity index (χ1) is 10.0. The summed E-state index contributed by atoms with van der Waals surface area (Å²) in [6.07, 6.45) is 8.54. The number of nitrogens with zero attached hydrogens (tertiary/aromatic N) is 2. The zero-order valence-corrected chi connectivity index (χ0v) is 13.9. The Morgan fingerprint density at radius 2 is 2.24 bits per heavy atom. The lowest BCUT2D eigenvalue weighted by atomic mass is 9.85. The standard InChI is InChI=1S/C17H25N3S/c1-17(2,3)15(11-20-9-8-18-12-20)19-16(13-6-7-13)14-5-4-10-21-14/h4-5,8-10,12-13,15-16,19H,6-7,11H2,1-3H3. The molecule has 1 fully saturated rings. The fourth-order valence-electron chi connectivity index (χ4n) is 2.75. The van der Waals surface area contributed by atoms with Gasteiger partial charge in [0.25, 0.3) is 0 Å². The first-order valence-electron chi connectivity index (χ1n) is 7.79.